The number of ether oxygens (including phenoxy) is 1. The molecule has 5 nitrogen and oxygen atoms in total. The first-order valence-corrected chi connectivity index (χ1v) is 8.51. The highest BCUT2D eigenvalue weighted by molar-refractivity contribution is 5.83. The number of fused-ring (bicyclic) bond motifs is 1. The third kappa shape index (κ3) is 4.18. The van der Waals surface area contributed by atoms with E-state index in [-0.39, 0.29) is 17.4 Å². The predicted octanol–water partition coefficient (Wildman–Crippen LogP) is 3.54. The lowest BCUT2D eigenvalue weighted by Gasteiger charge is -2.26. The highest BCUT2D eigenvalue weighted by atomic mass is 17.2. The van der Waals surface area contributed by atoms with Crippen LogP contribution < -0.4 is 0 Å². The van der Waals surface area contributed by atoms with Crippen LogP contribution in [0.15, 0.2) is 42.5 Å². The second-order valence-corrected chi connectivity index (χ2v) is 6.85. The fourth-order valence-electron chi connectivity index (χ4n) is 3.06. The average Bonchev–Trinajstić information content (AvgIpc) is 2.93. The number of cyclic esters (lactones) is 1. The van der Waals surface area contributed by atoms with Crippen LogP contribution in [0.1, 0.15) is 39.2 Å². The first-order valence-electron chi connectivity index (χ1n) is 8.51. The summed E-state index contributed by atoms with van der Waals surface area (Å²) in [6, 6.07) is 14.4. The predicted molar refractivity (Wildman–Crippen MR) is 95.9 cm³/mol. The summed E-state index contributed by atoms with van der Waals surface area (Å²) >= 11 is 0. The number of rotatable bonds is 6. The zero-order valence-electron chi connectivity index (χ0n) is 15.0. The van der Waals surface area contributed by atoms with Gasteiger partial charge >= 0.3 is 5.97 Å². The normalized spacial score (nSPS) is 20.4. The molecule has 0 aromatic heterocycles. The van der Waals surface area contributed by atoms with Crippen LogP contribution in [-0.2, 0) is 24.9 Å². The Morgan fingerprint density at radius 3 is 2.60 bits per heavy atom. The molecule has 1 saturated heterocycles. The molecule has 0 aliphatic carbocycles. The van der Waals surface area contributed by atoms with E-state index in [9.17, 15) is 4.79 Å². The lowest BCUT2D eigenvalue weighted by Crippen LogP contribution is -2.31. The summed E-state index contributed by atoms with van der Waals surface area (Å²) in [4.78, 5) is 23.1. The van der Waals surface area contributed by atoms with Gasteiger partial charge < -0.3 is 10.2 Å². The number of benzene rings is 2. The first kappa shape index (κ1) is 19.4. The van der Waals surface area contributed by atoms with Crippen molar-refractivity contribution in [3.63, 3.8) is 0 Å². The molecular formula is C20H26O5. The molecule has 1 aliphatic rings. The summed E-state index contributed by atoms with van der Waals surface area (Å²) in [6.45, 7) is 6.37. The maximum absolute atomic E-state index is 11.9. The van der Waals surface area contributed by atoms with Crippen LogP contribution in [0, 0.1) is 5.92 Å². The fraction of sp³-hybridized carbons (Fsp3) is 0.450. The minimum Gasteiger partial charge on any atom is -0.463 e. The van der Waals surface area contributed by atoms with Gasteiger partial charge in [0.05, 0.1) is 6.61 Å². The average molecular weight is 346 g/mol. The van der Waals surface area contributed by atoms with Crippen molar-refractivity contribution in [3.05, 3.63) is 48.0 Å². The van der Waals surface area contributed by atoms with Gasteiger partial charge in [-0.2, -0.15) is 0 Å². The molecule has 0 bridgehead atoms. The molecule has 2 unspecified atom stereocenters. The highest BCUT2D eigenvalue weighted by Gasteiger charge is 2.40. The molecule has 2 N–H and O–H groups in total. The van der Waals surface area contributed by atoms with Gasteiger partial charge in [-0.15, -0.1) is 0 Å². The van der Waals surface area contributed by atoms with Crippen molar-refractivity contribution < 1.29 is 24.8 Å². The Labute approximate surface area is 148 Å². The number of esters is 1. The Balaban J connectivity index is 0.00000225. The van der Waals surface area contributed by atoms with Crippen LogP contribution in [0.4, 0.5) is 0 Å². The van der Waals surface area contributed by atoms with E-state index in [0.29, 0.717) is 6.61 Å². The molecule has 0 spiro atoms. The minimum absolute atomic E-state index is 0. The summed E-state index contributed by atoms with van der Waals surface area (Å²) in [7, 11) is 0. The van der Waals surface area contributed by atoms with Gasteiger partial charge in [0.2, 0.25) is 0 Å². The molecule has 0 amide bonds. The standard InChI is InChI=1S/C20H24O4.H2O/c1-4-7-16-13-22-19(21)18(16)23-24-20(2,3)17-11-10-14-8-5-6-9-15(14)12-17;/h5-6,8-12,16,18H,4,7,13H2,1-3H3;1H2. The highest BCUT2D eigenvalue weighted by Crippen LogP contribution is 2.31. The van der Waals surface area contributed by atoms with Crippen molar-refractivity contribution in [1.82, 2.24) is 0 Å². The summed E-state index contributed by atoms with van der Waals surface area (Å²) in [6.07, 6.45) is 1.23. The van der Waals surface area contributed by atoms with E-state index < -0.39 is 11.7 Å². The van der Waals surface area contributed by atoms with E-state index in [1.807, 2.05) is 32.0 Å². The van der Waals surface area contributed by atoms with Crippen LogP contribution in [0.2, 0.25) is 0 Å². The quantitative estimate of drug-likeness (QED) is 0.455. The molecule has 0 saturated carbocycles. The molecule has 25 heavy (non-hydrogen) atoms. The second kappa shape index (κ2) is 7.95. The van der Waals surface area contributed by atoms with Gasteiger partial charge in [0.15, 0.2) is 6.10 Å². The maximum Gasteiger partial charge on any atom is 0.339 e. The third-order valence-electron chi connectivity index (χ3n) is 4.56. The lowest BCUT2D eigenvalue weighted by atomic mass is 9.95. The van der Waals surface area contributed by atoms with E-state index in [1.54, 1.807) is 0 Å². The largest absolute Gasteiger partial charge is 0.463 e. The van der Waals surface area contributed by atoms with Crippen LogP contribution in [0.5, 0.6) is 0 Å². The van der Waals surface area contributed by atoms with Gasteiger partial charge in [-0.3, -0.25) is 0 Å². The molecule has 2 aromatic carbocycles. The minimum atomic E-state index is -0.663. The molecule has 2 aromatic rings. The van der Waals surface area contributed by atoms with E-state index in [4.69, 9.17) is 14.5 Å². The Bertz CT molecular complexity index is 725. The summed E-state index contributed by atoms with van der Waals surface area (Å²) in [5.41, 5.74) is 0.337. The maximum atomic E-state index is 11.9. The fourth-order valence-corrected chi connectivity index (χ4v) is 3.06. The number of hydrogen-bond acceptors (Lipinski definition) is 4. The summed E-state index contributed by atoms with van der Waals surface area (Å²) < 4.78 is 5.12. The lowest BCUT2D eigenvalue weighted by molar-refractivity contribution is -0.378. The van der Waals surface area contributed by atoms with Crippen molar-refractivity contribution in [1.29, 1.82) is 0 Å². The molecule has 0 radical (unpaired) electrons. The zero-order chi connectivity index (χ0) is 17.2. The van der Waals surface area contributed by atoms with Crippen LogP contribution in [0.25, 0.3) is 10.8 Å². The van der Waals surface area contributed by atoms with Gasteiger partial charge in [0.1, 0.15) is 5.60 Å². The zero-order valence-corrected chi connectivity index (χ0v) is 15.0. The van der Waals surface area contributed by atoms with Crippen molar-refractivity contribution in [2.45, 2.75) is 45.3 Å². The Hall–Kier alpha value is -1.95. The van der Waals surface area contributed by atoms with E-state index in [0.717, 1.165) is 23.8 Å². The second-order valence-electron chi connectivity index (χ2n) is 6.85. The Morgan fingerprint density at radius 1 is 1.16 bits per heavy atom. The molecule has 3 rings (SSSR count). The van der Waals surface area contributed by atoms with E-state index in [2.05, 4.69) is 31.2 Å². The molecule has 1 heterocycles. The molecule has 1 aliphatic heterocycles. The number of hydrogen-bond donors (Lipinski definition) is 0. The topological polar surface area (TPSA) is 76.3 Å². The van der Waals surface area contributed by atoms with Crippen LogP contribution in [-0.4, -0.2) is 24.2 Å². The van der Waals surface area contributed by atoms with Crippen LogP contribution in [0.3, 0.4) is 0 Å². The van der Waals surface area contributed by atoms with Crippen molar-refractivity contribution in [2.75, 3.05) is 6.61 Å². The Kier molecular flexibility index (Phi) is 6.16. The summed E-state index contributed by atoms with van der Waals surface area (Å²) in [5.74, 6) is -0.266. The molecule has 2 atom stereocenters. The van der Waals surface area contributed by atoms with E-state index in [1.165, 1.54) is 5.39 Å². The Morgan fingerprint density at radius 2 is 1.88 bits per heavy atom. The van der Waals surface area contributed by atoms with Gasteiger partial charge in [0.25, 0.3) is 0 Å². The van der Waals surface area contributed by atoms with Gasteiger partial charge in [0, 0.05) is 5.92 Å². The van der Waals surface area contributed by atoms with Crippen molar-refractivity contribution in [2.24, 2.45) is 5.92 Å². The summed E-state index contributed by atoms with van der Waals surface area (Å²) in [5, 5.41) is 2.33. The molecular weight excluding hydrogens is 320 g/mol. The SMILES string of the molecule is CCCC1COC(=O)C1OOC(C)(C)c1ccc2ccccc2c1.O. The van der Waals surface area contributed by atoms with Gasteiger partial charge in [-0.05, 0) is 42.7 Å². The number of carbonyl (C=O) groups excluding carboxylic acids is 1. The first-order chi connectivity index (χ1) is 11.5. The van der Waals surface area contributed by atoms with Crippen molar-refractivity contribution >= 4 is 16.7 Å². The number of carbonyl (C=O) groups is 1. The molecule has 1 fully saturated rings. The molecule has 5 heteroatoms. The monoisotopic (exact) mass is 346 g/mol. The molecule has 136 valence electrons. The third-order valence-corrected chi connectivity index (χ3v) is 4.56. The van der Waals surface area contributed by atoms with E-state index >= 15 is 0 Å². The van der Waals surface area contributed by atoms with Crippen molar-refractivity contribution in [3.8, 4) is 0 Å². The van der Waals surface area contributed by atoms with Gasteiger partial charge in [-0.25, -0.2) is 14.6 Å². The van der Waals surface area contributed by atoms with Crippen LogP contribution >= 0.6 is 0 Å². The van der Waals surface area contributed by atoms with Gasteiger partial charge in [-0.1, -0.05) is 49.7 Å². The smallest absolute Gasteiger partial charge is 0.339 e.